The zero-order valence-corrected chi connectivity index (χ0v) is 7.07. The summed E-state index contributed by atoms with van der Waals surface area (Å²) in [6.07, 6.45) is 0. The Labute approximate surface area is 76.2 Å². The molecule has 0 aliphatic rings. The first-order valence-corrected chi connectivity index (χ1v) is 3.16. The number of halogens is 2. The van der Waals surface area contributed by atoms with E-state index >= 15 is 0 Å². The molecule has 12 heavy (non-hydrogen) atoms. The molecule has 0 radical (unpaired) electrons. The number of hydrogen-bond acceptors (Lipinski definition) is 2. The van der Waals surface area contributed by atoms with E-state index in [1.165, 1.54) is 18.2 Å². The van der Waals surface area contributed by atoms with E-state index in [9.17, 15) is 4.39 Å². The van der Waals surface area contributed by atoms with Gasteiger partial charge in [-0.2, -0.15) is 5.26 Å². The molecule has 0 amide bonds. The van der Waals surface area contributed by atoms with E-state index in [0.717, 1.165) is 0 Å². The lowest BCUT2D eigenvalue weighted by atomic mass is 10.1. The van der Waals surface area contributed by atoms with Gasteiger partial charge in [0, 0.05) is 6.54 Å². The molecule has 64 valence electrons. The average Bonchev–Trinajstić information content (AvgIpc) is 2.04. The van der Waals surface area contributed by atoms with Gasteiger partial charge in [-0.25, -0.2) is 4.39 Å². The second-order valence-electron chi connectivity index (χ2n) is 2.12. The fourth-order valence-corrected chi connectivity index (χ4v) is 0.831. The van der Waals surface area contributed by atoms with Crippen molar-refractivity contribution in [1.82, 2.24) is 0 Å². The summed E-state index contributed by atoms with van der Waals surface area (Å²) >= 11 is 0. The summed E-state index contributed by atoms with van der Waals surface area (Å²) < 4.78 is 12.5. The standard InChI is InChI=1S/C8H7FN2.ClH/c9-8-2-1-6(4-10)7(3-8)5-11;/h1-3H,4,10H2;1H. The van der Waals surface area contributed by atoms with Crippen molar-refractivity contribution in [2.45, 2.75) is 6.54 Å². The third-order valence-corrected chi connectivity index (χ3v) is 1.41. The molecular weight excluding hydrogens is 179 g/mol. The van der Waals surface area contributed by atoms with Gasteiger partial charge in [-0.05, 0) is 17.7 Å². The Bertz CT molecular complexity index is 306. The Morgan fingerprint density at radius 3 is 2.67 bits per heavy atom. The van der Waals surface area contributed by atoms with Crippen LogP contribution in [0.5, 0.6) is 0 Å². The van der Waals surface area contributed by atoms with Crippen molar-refractivity contribution in [3.63, 3.8) is 0 Å². The summed E-state index contributed by atoms with van der Waals surface area (Å²) in [6, 6.07) is 5.87. The smallest absolute Gasteiger partial charge is 0.124 e. The quantitative estimate of drug-likeness (QED) is 0.724. The Balaban J connectivity index is 0.00000121. The van der Waals surface area contributed by atoms with E-state index in [2.05, 4.69) is 0 Å². The lowest BCUT2D eigenvalue weighted by Gasteiger charge is -1.98. The van der Waals surface area contributed by atoms with Crippen molar-refractivity contribution in [3.8, 4) is 6.07 Å². The Hall–Kier alpha value is -1.11. The van der Waals surface area contributed by atoms with Gasteiger partial charge < -0.3 is 5.73 Å². The van der Waals surface area contributed by atoms with Crippen molar-refractivity contribution < 1.29 is 4.39 Å². The minimum atomic E-state index is -0.404. The maximum atomic E-state index is 12.5. The summed E-state index contributed by atoms with van der Waals surface area (Å²) in [6.45, 7) is 0.267. The molecule has 1 rings (SSSR count). The largest absolute Gasteiger partial charge is 0.326 e. The second-order valence-corrected chi connectivity index (χ2v) is 2.12. The fourth-order valence-electron chi connectivity index (χ4n) is 0.831. The van der Waals surface area contributed by atoms with Crippen LogP contribution in [0.15, 0.2) is 18.2 Å². The first kappa shape index (κ1) is 10.9. The topological polar surface area (TPSA) is 49.8 Å². The van der Waals surface area contributed by atoms with Gasteiger partial charge >= 0.3 is 0 Å². The normalized spacial score (nSPS) is 8.42. The van der Waals surface area contributed by atoms with E-state index in [4.69, 9.17) is 11.0 Å². The van der Waals surface area contributed by atoms with Crippen LogP contribution < -0.4 is 5.73 Å². The molecule has 0 saturated carbocycles. The summed E-state index contributed by atoms with van der Waals surface area (Å²) in [5, 5.41) is 8.50. The molecule has 0 atom stereocenters. The summed E-state index contributed by atoms with van der Waals surface area (Å²) in [5.41, 5.74) is 6.29. The van der Waals surface area contributed by atoms with Gasteiger partial charge in [-0.1, -0.05) is 6.07 Å². The van der Waals surface area contributed by atoms with Crippen molar-refractivity contribution >= 4 is 12.4 Å². The molecule has 4 heteroatoms. The van der Waals surface area contributed by atoms with Gasteiger partial charge in [-0.15, -0.1) is 12.4 Å². The maximum Gasteiger partial charge on any atom is 0.124 e. The molecular formula is C8H8ClFN2. The fraction of sp³-hybridized carbons (Fsp3) is 0.125. The minimum absolute atomic E-state index is 0. The van der Waals surface area contributed by atoms with E-state index in [1.54, 1.807) is 0 Å². The SMILES string of the molecule is Cl.N#Cc1cc(F)ccc1CN. The van der Waals surface area contributed by atoms with Crippen LogP contribution in [0, 0.1) is 17.1 Å². The highest BCUT2D eigenvalue weighted by atomic mass is 35.5. The van der Waals surface area contributed by atoms with Crippen molar-refractivity contribution in [2.24, 2.45) is 5.73 Å². The number of nitrogens with two attached hydrogens (primary N) is 1. The number of hydrogen-bond donors (Lipinski definition) is 1. The average molecular weight is 187 g/mol. The highest BCUT2D eigenvalue weighted by molar-refractivity contribution is 5.85. The van der Waals surface area contributed by atoms with Gasteiger partial charge in [0.2, 0.25) is 0 Å². The van der Waals surface area contributed by atoms with Crippen LogP contribution in [-0.2, 0) is 6.54 Å². The molecule has 0 fully saturated rings. The van der Waals surface area contributed by atoms with E-state index < -0.39 is 5.82 Å². The number of benzene rings is 1. The van der Waals surface area contributed by atoms with Crippen LogP contribution in [-0.4, -0.2) is 0 Å². The first-order valence-electron chi connectivity index (χ1n) is 3.16. The highest BCUT2D eigenvalue weighted by Crippen LogP contribution is 2.08. The van der Waals surface area contributed by atoms with Gasteiger partial charge in [0.15, 0.2) is 0 Å². The van der Waals surface area contributed by atoms with E-state index in [-0.39, 0.29) is 19.0 Å². The lowest BCUT2D eigenvalue weighted by Crippen LogP contribution is -1.99. The van der Waals surface area contributed by atoms with Gasteiger partial charge in [0.05, 0.1) is 11.6 Å². The van der Waals surface area contributed by atoms with Crippen LogP contribution in [0.25, 0.3) is 0 Å². The molecule has 1 aromatic rings. The van der Waals surface area contributed by atoms with Crippen LogP contribution >= 0.6 is 12.4 Å². The minimum Gasteiger partial charge on any atom is -0.326 e. The number of nitrogens with zero attached hydrogens (tertiary/aromatic N) is 1. The molecule has 0 spiro atoms. The molecule has 0 saturated heterocycles. The molecule has 0 unspecified atom stereocenters. The van der Waals surface area contributed by atoms with Crippen molar-refractivity contribution in [1.29, 1.82) is 5.26 Å². The van der Waals surface area contributed by atoms with Gasteiger partial charge in [-0.3, -0.25) is 0 Å². The third kappa shape index (κ3) is 2.19. The summed E-state index contributed by atoms with van der Waals surface area (Å²) in [4.78, 5) is 0. The summed E-state index contributed by atoms with van der Waals surface area (Å²) in [7, 11) is 0. The molecule has 1 aromatic carbocycles. The summed E-state index contributed by atoms with van der Waals surface area (Å²) in [5.74, 6) is -0.404. The predicted molar refractivity (Wildman–Crippen MR) is 46.3 cm³/mol. The van der Waals surface area contributed by atoms with Crippen molar-refractivity contribution in [3.05, 3.63) is 35.1 Å². The lowest BCUT2D eigenvalue weighted by molar-refractivity contribution is 0.626. The molecule has 2 N–H and O–H groups in total. The molecule has 0 aromatic heterocycles. The Morgan fingerprint density at radius 1 is 1.50 bits per heavy atom. The highest BCUT2D eigenvalue weighted by Gasteiger charge is 2.00. The Morgan fingerprint density at radius 2 is 2.17 bits per heavy atom. The van der Waals surface area contributed by atoms with Crippen LogP contribution in [0.1, 0.15) is 11.1 Å². The monoisotopic (exact) mass is 186 g/mol. The number of rotatable bonds is 1. The van der Waals surface area contributed by atoms with Crippen LogP contribution in [0.4, 0.5) is 4.39 Å². The predicted octanol–water partition coefficient (Wildman–Crippen LogP) is 1.58. The maximum absolute atomic E-state index is 12.5. The zero-order valence-electron chi connectivity index (χ0n) is 6.25. The number of nitriles is 1. The van der Waals surface area contributed by atoms with Crippen molar-refractivity contribution in [2.75, 3.05) is 0 Å². The van der Waals surface area contributed by atoms with Crippen LogP contribution in [0.2, 0.25) is 0 Å². The molecule has 2 nitrogen and oxygen atoms in total. The Kier molecular flexibility index (Phi) is 4.27. The van der Waals surface area contributed by atoms with E-state index in [1.807, 2.05) is 6.07 Å². The molecule has 0 heterocycles. The molecule has 0 aliphatic carbocycles. The van der Waals surface area contributed by atoms with Crippen LogP contribution in [0.3, 0.4) is 0 Å². The molecule has 0 aliphatic heterocycles. The van der Waals surface area contributed by atoms with Gasteiger partial charge in [0.1, 0.15) is 5.82 Å². The van der Waals surface area contributed by atoms with Gasteiger partial charge in [0.25, 0.3) is 0 Å². The van der Waals surface area contributed by atoms with E-state index in [0.29, 0.717) is 11.1 Å². The second kappa shape index (κ2) is 4.70. The third-order valence-electron chi connectivity index (χ3n) is 1.41. The first-order chi connectivity index (χ1) is 5.27. The molecule has 0 bridgehead atoms. The zero-order chi connectivity index (χ0) is 8.27.